The van der Waals surface area contributed by atoms with Crippen molar-refractivity contribution in [3.63, 3.8) is 0 Å². The Bertz CT molecular complexity index is 1090. The van der Waals surface area contributed by atoms with Gasteiger partial charge in [0, 0.05) is 25.8 Å². The number of hydrogen-bond donors (Lipinski definition) is 1. The minimum atomic E-state index is -0.732. The monoisotopic (exact) mass is 481 g/mol. The number of carbonyl (C=O) groups is 2. The van der Waals surface area contributed by atoms with Crippen molar-refractivity contribution in [2.75, 3.05) is 40.1 Å². The van der Waals surface area contributed by atoms with Crippen molar-refractivity contribution >= 4 is 17.4 Å². The molecule has 2 aliphatic heterocycles. The molecule has 2 aromatic rings. The van der Waals surface area contributed by atoms with Crippen molar-refractivity contribution < 1.29 is 33.6 Å². The summed E-state index contributed by atoms with van der Waals surface area (Å²) in [5, 5.41) is 11.3. The number of ether oxygens (including phenoxy) is 4. The van der Waals surface area contributed by atoms with E-state index in [2.05, 4.69) is 6.92 Å². The van der Waals surface area contributed by atoms with Gasteiger partial charge < -0.3 is 29.0 Å². The van der Waals surface area contributed by atoms with Crippen molar-refractivity contribution in [3.05, 3.63) is 59.2 Å². The molecule has 2 heterocycles. The number of rotatable bonds is 10. The highest BCUT2D eigenvalue weighted by atomic mass is 16.6. The molecule has 1 N–H and O–H groups in total. The first-order valence-corrected chi connectivity index (χ1v) is 11.9. The lowest BCUT2D eigenvalue weighted by Gasteiger charge is -2.25. The van der Waals surface area contributed by atoms with Gasteiger partial charge in [0.05, 0.1) is 18.2 Å². The Labute approximate surface area is 205 Å². The largest absolute Gasteiger partial charge is 0.507 e. The fourth-order valence-corrected chi connectivity index (χ4v) is 4.26. The Morgan fingerprint density at radius 2 is 1.77 bits per heavy atom. The molecule has 0 spiro atoms. The number of carbonyl (C=O) groups excluding carboxylic acids is 2. The summed E-state index contributed by atoms with van der Waals surface area (Å²) in [6, 6.07) is 11.6. The molecule has 0 aliphatic carbocycles. The summed E-state index contributed by atoms with van der Waals surface area (Å²) >= 11 is 0. The van der Waals surface area contributed by atoms with Crippen LogP contribution in [-0.2, 0) is 14.3 Å². The number of Topliss-reactive ketones (excluding diaryl/α,β-unsaturated/α-hetero) is 1. The van der Waals surface area contributed by atoms with Crippen molar-refractivity contribution in [1.29, 1.82) is 0 Å². The zero-order chi connectivity index (χ0) is 24.8. The van der Waals surface area contributed by atoms with Gasteiger partial charge in [-0.3, -0.25) is 9.59 Å². The van der Waals surface area contributed by atoms with E-state index in [1.165, 1.54) is 4.90 Å². The van der Waals surface area contributed by atoms with E-state index < -0.39 is 17.7 Å². The van der Waals surface area contributed by atoms with Crippen LogP contribution in [-0.4, -0.2) is 61.8 Å². The SMILES string of the molecule is CCCCOc1ccc(C2/C(=C(\O)c3ccc4c(c3)OCCO4)C(=O)C(=O)N2CCCOC)cc1. The molecule has 0 aromatic heterocycles. The summed E-state index contributed by atoms with van der Waals surface area (Å²) in [4.78, 5) is 27.7. The van der Waals surface area contributed by atoms with Crippen molar-refractivity contribution in [2.45, 2.75) is 32.2 Å². The highest BCUT2D eigenvalue weighted by Gasteiger charge is 2.45. The van der Waals surface area contributed by atoms with Crippen LogP contribution in [0.15, 0.2) is 48.0 Å². The molecule has 1 saturated heterocycles. The number of hydrogen-bond acceptors (Lipinski definition) is 7. The molecule has 2 aliphatic rings. The van der Waals surface area contributed by atoms with Gasteiger partial charge in [0.1, 0.15) is 24.7 Å². The third kappa shape index (κ3) is 5.27. The number of aliphatic hydroxyl groups excluding tert-OH is 1. The number of ketones is 1. The van der Waals surface area contributed by atoms with E-state index in [0.717, 1.165) is 12.8 Å². The molecular formula is C27H31NO7. The Morgan fingerprint density at radius 3 is 2.49 bits per heavy atom. The molecule has 0 bridgehead atoms. The van der Waals surface area contributed by atoms with Gasteiger partial charge in [-0.15, -0.1) is 0 Å². The number of aliphatic hydroxyl groups is 1. The first-order chi connectivity index (χ1) is 17.0. The van der Waals surface area contributed by atoms with Crippen LogP contribution in [0.3, 0.4) is 0 Å². The van der Waals surface area contributed by atoms with E-state index in [4.69, 9.17) is 18.9 Å². The van der Waals surface area contributed by atoms with Crippen LogP contribution >= 0.6 is 0 Å². The van der Waals surface area contributed by atoms with E-state index in [9.17, 15) is 14.7 Å². The Balaban J connectivity index is 1.72. The Kier molecular flexibility index (Phi) is 7.92. The summed E-state index contributed by atoms with van der Waals surface area (Å²) < 4.78 is 22.1. The maximum Gasteiger partial charge on any atom is 0.295 e. The summed E-state index contributed by atoms with van der Waals surface area (Å²) in [7, 11) is 1.59. The van der Waals surface area contributed by atoms with Gasteiger partial charge >= 0.3 is 0 Å². The molecule has 0 radical (unpaired) electrons. The van der Waals surface area contributed by atoms with Gasteiger partial charge in [-0.05, 0) is 48.7 Å². The van der Waals surface area contributed by atoms with Crippen LogP contribution in [0.1, 0.15) is 43.4 Å². The molecular weight excluding hydrogens is 450 g/mol. The van der Waals surface area contributed by atoms with E-state index >= 15 is 0 Å². The molecule has 4 rings (SSSR count). The zero-order valence-electron chi connectivity index (χ0n) is 20.1. The third-order valence-corrected chi connectivity index (χ3v) is 6.07. The van der Waals surface area contributed by atoms with Gasteiger partial charge in [-0.1, -0.05) is 25.5 Å². The summed E-state index contributed by atoms with van der Waals surface area (Å²) in [6.45, 7) is 4.32. The second-order valence-electron chi connectivity index (χ2n) is 8.47. The van der Waals surface area contributed by atoms with Crippen molar-refractivity contribution in [2.24, 2.45) is 0 Å². The molecule has 1 atom stereocenters. The van der Waals surface area contributed by atoms with Crippen LogP contribution in [0.25, 0.3) is 5.76 Å². The predicted molar refractivity (Wildman–Crippen MR) is 130 cm³/mol. The lowest BCUT2D eigenvalue weighted by Crippen LogP contribution is -2.31. The number of nitrogens with zero attached hydrogens (tertiary/aromatic N) is 1. The first-order valence-electron chi connectivity index (χ1n) is 11.9. The van der Waals surface area contributed by atoms with Crippen LogP contribution in [0, 0.1) is 0 Å². The number of methoxy groups -OCH3 is 1. The average Bonchev–Trinajstić information content (AvgIpc) is 3.14. The highest BCUT2D eigenvalue weighted by Crippen LogP contribution is 2.41. The van der Waals surface area contributed by atoms with E-state index in [-0.39, 0.29) is 11.3 Å². The molecule has 2 aromatic carbocycles. The summed E-state index contributed by atoms with van der Waals surface area (Å²) in [6.07, 6.45) is 2.55. The summed E-state index contributed by atoms with van der Waals surface area (Å²) in [5.74, 6) is 0.160. The van der Waals surface area contributed by atoms with Gasteiger partial charge in [0.15, 0.2) is 11.5 Å². The quantitative estimate of drug-likeness (QED) is 0.236. The second kappa shape index (κ2) is 11.3. The number of likely N-dealkylation sites (tertiary alicyclic amines) is 1. The third-order valence-electron chi connectivity index (χ3n) is 6.07. The molecule has 1 amide bonds. The van der Waals surface area contributed by atoms with Crippen molar-refractivity contribution in [3.8, 4) is 17.2 Å². The van der Waals surface area contributed by atoms with Gasteiger partial charge in [-0.2, -0.15) is 0 Å². The summed E-state index contributed by atoms with van der Waals surface area (Å²) in [5.41, 5.74) is 1.14. The second-order valence-corrected chi connectivity index (χ2v) is 8.47. The molecule has 186 valence electrons. The number of benzene rings is 2. The Hall–Kier alpha value is -3.52. The van der Waals surface area contributed by atoms with E-state index in [0.29, 0.717) is 67.8 Å². The average molecular weight is 482 g/mol. The maximum atomic E-state index is 13.2. The minimum Gasteiger partial charge on any atom is -0.507 e. The van der Waals surface area contributed by atoms with Crippen LogP contribution < -0.4 is 14.2 Å². The lowest BCUT2D eigenvalue weighted by molar-refractivity contribution is -0.140. The van der Waals surface area contributed by atoms with Crippen LogP contribution in [0.2, 0.25) is 0 Å². The standard InChI is InChI=1S/C27H31NO7/c1-3-4-14-33-20-9-6-18(7-10-20)24-23(26(30)27(31)28(24)12-5-13-32-2)25(29)19-8-11-21-22(17-19)35-16-15-34-21/h6-11,17,24,29H,3-5,12-16H2,1-2H3/b25-23+. The molecule has 0 saturated carbocycles. The fraction of sp³-hybridized carbons (Fsp3) is 0.407. The fourth-order valence-electron chi connectivity index (χ4n) is 4.26. The normalized spacial score (nSPS) is 18.7. The number of fused-ring (bicyclic) bond motifs is 1. The van der Waals surface area contributed by atoms with Gasteiger partial charge in [0.25, 0.3) is 11.7 Å². The smallest absolute Gasteiger partial charge is 0.295 e. The Morgan fingerprint density at radius 1 is 1.03 bits per heavy atom. The first kappa shape index (κ1) is 24.6. The van der Waals surface area contributed by atoms with Gasteiger partial charge in [0.2, 0.25) is 0 Å². The number of unbranched alkanes of at least 4 members (excludes halogenated alkanes) is 1. The minimum absolute atomic E-state index is 0.0451. The molecule has 1 fully saturated rings. The molecule has 35 heavy (non-hydrogen) atoms. The molecule has 8 nitrogen and oxygen atoms in total. The zero-order valence-corrected chi connectivity index (χ0v) is 20.1. The topological polar surface area (TPSA) is 94.5 Å². The van der Waals surface area contributed by atoms with Crippen molar-refractivity contribution in [1.82, 2.24) is 4.90 Å². The van der Waals surface area contributed by atoms with E-state index in [1.807, 2.05) is 24.3 Å². The molecule has 8 heteroatoms. The predicted octanol–water partition coefficient (Wildman–Crippen LogP) is 4.09. The number of amides is 1. The maximum absolute atomic E-state index is 13.2. The van der Waals surface area contributed by atoms with E-state index in [1.54, 1.807) is 25.3 Å². The van der Waals surface area contributed by atoms with Crippen LogP contribution in [0.5, 0.6) is 17.2 Å². The lowest BCUT2D eigenvalue weighted by atomic mass is 9.95. The van der Waals surface area contributed by atoms with Gasteiger partial charge in [-0.25, -0.2) is 0 Å². The van der Waals surface area contributed by atoms with Crippen LogP contribution in [0.4, 0.5) is 0 Å². The molecule has 1 unspecified atom stereocenters. The highest BCUT2D eigenvalue weighted by molar-refractivity contribution is 6.46.